The summed E-state index contributed by atoms with van der Waals surface area (Å²) in [5.74, 6) is 0.944. The molecule has 1 aromatic heterocycles. The Morgan fingerprint density at radius 1 is 1.21 bits per heavy atom. The van der Waals surface area contributed by atoms with Crippen molar-refractivity contribution >= 4 is 40.8 Å². The van der Waals surface area contributed by atoms with Crippen molar-refractivity contribution in [3.05, 3.63) is 47.6 Å². The molecular formula is C18H20ClN3OS. The van der Waals surface area contributed by atoms with E-state index in [1.54, 1.807) is 6.20 Å². The van der Waals surface area contributed by atoms with Crippen LogP contribution in [-0.2, 0) is 4.79 Å². The Kier molecular flexibility index (Phi) is 5.63. The Balaban J connectivity index is 1.56. The molecule has 1 fully saturated rings. The smallest absolute Gasteiger partial charge is 0.237 e. The van der Waals surface area contributed by atoms with Crippen LogP contribution < -0.4 is 10.2 Å². The number of rotatable bonds is 5. The average Bonchev–Trinajstić information content (AvgIpc) is 3.12. The molecule has 2 aromatic rings. The Bertz CT molecular complexity index is 684. The fourth-order valence-corrected chi connectivity index (χ4v) is 3.60. The number of hydrogen-bond acceptors (Lipinski definition) is 4. The van der Waals surface area contributed by atoms with E-state index < -0.39 is 0 Å². The van der Waals surface area contributed by atoms with Gasteiger partial charge in [0.15, 0.2) is 0 Å². The summed E-state index contributed by atoms with van der Waals surface area (Å²) in [4.78, 5) is 20.1. The molecule has 24 heavy (non-hydrogen) atoms. The maximum absolute atomic E-state index is 12.3. The number of thioether (sulfide) groups is 1. The minimum Gasteiger partial charge on any atom is -0.357 e. The Morgan fingerprint density at radius 2 is 1.92 bits per heavy atom. The number of aromatic nitrogens is 1. The van der Waals surface area contributed by atoms with Gasteiger partial charge in [0, 0.05) is 23.0 Å². The lowest BCUT2D eigenvalue weighted by Crippen LogP contribution is -2.23. The van der Waals surface area contributed by atoms with E-state index in [1.807, 2.05) is 43.3 Å². The van der Waals surface area contributed by atoms with E-state index in [4.69, 9.17) is 11.6 Å². The first-order chi connectivity index (χ1) is 11.6. The van der Waals surface area contributed by atoms with E-state index >= 15 is 0 Å². The van der Waals surface area contributed by atoms with Gasteiger partial charge < -0.3 is 10.2 Å². The molecule has 4 nitrogen and oxygen atoms in total. The van der Waals surface area contributed by atoms with Gasteiger partial charge in [0.1, 0.15) is 5.82 Å². The summed E-state index contributed by atoms with van der Waals surface area (Å²) in [6.45, 7) is 4.02. The molecular weight excluding hydrogens is 342 g/mol. The fourth-order valence-electron chi connectivity index (χ4n) is 2.61. The van der Waals surface area contributed by atoms with E-state index in [9.17, 15) is 4.79 Å². The lowest BCUT2D eigenvalue weighted by molar-refractivity contribution is -0.115. The molecule has 1 aromatic carbocycles. The number of nitrogens with zero attached hydrogens (tertiary/aromatic N) is 2. The van der Waals surface area contributed by atoms with Gasteiger partial charge in [-0.15, -0.1) is 11.8 Å². The Hall–Kier alpha value is -1.72. The first-order valence-electron chi connectivity index (χ1n) is 8.06. The summed E-state index contributed by atoms with van der Waals surface area (Å²) in [5, 5.41) is 3.42. The number of halogens is 1. The second-order valence-corrected chi connectivity index (χ2v) is 7.65. The van der Waals surface area contributed by atoms with E-state index in [-0.39, 0.29) is 11.2 Å². The second-order valence-electron chi connectivity index (χ2n) is 5.80. The molecule has 2 heterocycles. The highest BCUT2D eigenvalue weighted by molar-refractivity contribution is 8.00. The number of benzene rings is 1. The normalized spacial score (nSPS) is 15.3. The van der Waals surface area contributed by atoms with Crippen molar-refractivity contribution in [2.75, 3.05) is 23.3 Å². The monoisotopic (exact) mass is 361 g/mol. The van der Waals surface area contributed by atoms with Crippen LogP contribution in [0.2, 0.25) is 5.02 Å². The van der Waals surface area contributed by atoms with Crippen molar-refractivity contribution in [3.63, 3.8) is 0 Å². The molecule has 1 aliphatic rings. The Morgan fingerprint density at radius 3 is 2.54 bits per heavy atom. The van der Waals surface area contributed by atoms with Crippen LogP contribution in [0.1, 0.15) is 19.8 Å². The predicted octanol–water partition coefficient (Wildman–Crippen LogP) is 4.45. The number of pyridine rings is 1. The number of amides is 1. The highest BCUT2D eigenvalue weighted by atomic mass is 35.5. The zero-order valence-electron chi connectivity index (χ0n) is 13.5. The number of carbonyl (C=O) groups excluding carboxylic acids is 1. The van der Waals surface area contributed by atoms with E-state index in [2.05, 4.69) is 15.2 Å². The van der Waals surface area contributed by atoms with Gasteiger partial charge in [-0.1, -0.05) is 11.6 Å². The van der Waals surface area contributed by atoms with Crippen LogP contribution >= 0.6 is 23.4 Å². The topological polar surface area (TPSA) is 45.2 Å². The van der Waals surface area contributed by atoms with Crippen molar-refractivity contribution in [1.29, 1.82) is 0 Å². The first kappa shape index (κ1) is 17.1. The Labute approximate surface area is 151 Å². The lowest BCUT2D eigenvalue weighted by Gasteiger charge is -2.17. The van der Waals surface area contributed by atoms with Crippen LogP contribution in [0.15, 0.2) is 47.5 Å². The summed E-state index contributed by atoms with van der Waals surface area (Å²) in [7, 11) is 0. The molecule has 3 rings (SSSR count). The molecule has 1 amide bonds. The summed E-state index contributed by atoms with van der Waals surface area (Å²) in [6.07, 6.45) is 4.17. The molecule has 0 saturated carbocycles. The van der Waals surface area contributed by atoms with Crippen molar-refractivity contribution in [3.8, 4) is 0 Å². The van der Waals surface area contributed by atoms with Gasteiger partial charge in [-0.25, -0.2) is 4.98 Å². The van der Waals surface area contributed by atoms with Crippen LogP contribution in [0.3, 0.4) is 0 Å². The molecule has 6 heteroatoms. The maximum atomic E-state index is 12.3. The molecule has 126 valence electrons. The quantitative estimate of drug-likeness (QED) is 0.799. The van der Waals surface area contributed by atoms with Crippen molar-refractivity contribution in [2.45, 2.75) is 29.9 Å². The van der Waals surface area contributed by atoms with Gasteiger partial charge >= 0.3 is 0 Å². The fraction of sp³-hybridized carbons (Fsp3) is 0.333. The van der Waals surface area contributed by atoms with Gasteiger partial charge in [0.2, 0.25) is 5.91 Å². The number of nitrogens with one attached hydrogen (secondary N) is 1. The zero-order chi connectivity index (χ0) is 16.9. The van der Waals surface area contributed by atoms with Gasteiger partial charge in [-0.05, 0) is 56.2 Å². The molecule has 0 spiro atoms. The van der Waals surface area contributed by atoms with E-state index in [0.717, 1.165) is 29.5 Å². The molecule has 1 atom stereocenters. The summed E-state index contributed by atoms with van der Waals surface area (Å²) in [6, 6.07) is 11.4. The molecule has 1 aliphatic heterocycles. The molecule has 0 bridgehead atoms. The van der Waals surface area contributed by atoms with Gasteiger partial charge in [0.25, 0.3) is 0 Å². The number of carbonyl (C=O) groups is 1. The van der Waals surface area contributed by atoms with Crippen molar-refractivity contribution in [2.24, 2.45) is 0 Å². The zero-order valence-corrected chi connectivity index (χ0v) is 15.1. The first-order valence-corrected chi connectivity index (χ1v) is 9.32. The molecule has 1 unspecified atom stereocenters. The lowest BCUT2D eigenvalue weighted by atomic mass is 10.3. The third-order valence-corrected chi connectivity index (χ3v) is 5.31. The maximum Gasteiger partial charge on any atom is 0.237 e. The summed E-state index contributed by atoms with van der Waals surface area (Å²) < 4.78 is 0. The second kappa shape index (κ2) is 7.90. The van der Waals surface area contributed by atoms with Crippen LogP contribution in [0.25, 0.3) is 0 Å². The van der Waals surface area contributed by atoms with Gasteiger partial charge in [-0.3, -0.25) is 4.79 Å². The third-order valence-electron chi connectivity index (χ3n) is 3.94. The predicted molar refractivity (Wildman–Crippen MR) is 101 cm³/mol. The van der Waals surface area contributed by atoms with Crippen LogP contribution in [0, 0.1) is 0 Å². The highest BCUT2D eigenvalue weighted by Crippen LogP contribution is 2.26. The van der Waals surface area contributed by atoms with Crippen molar-refractivity contribution in [1.82, 2.24) is 4.98 Å². The summed E-state index contributed by atoms with van der Waals surface area (Å²) in [5.41, 5.74) is 0.728. The standard InChI is InChI=1S/C18H20ClN3OS/c1-13(24-16-7-4-14(19)5-8-16)18(23)21-15-6-9-17(20-12-15)22-10-2-3-11-22/h4-9,12-13H,2-3,10-11H2,1H3,(H,21,23). The number of anilines is 2. The van der Waals surface area contributed by atoms with Crippen LogP contribution in [0.4, 0.5) is 11.5 Å². The SMILES string of the molecule is CC(Sc1ccc(Cl)cc1)C(=O)Nc1ccc(N2CCCC2)nc1. The highest BCUT2D eigenvalue weighted by Gasteiger charge is 2.16. The summed E-state index contributed by atoms with van der Waals surface area (Å²) >= 11 is 7.38. The van der Waals surface area contributed by atoms with E-state index in [0.29, 0.717) is 5.02 Å². The largest absolute Gasteiger partial charge is 0.357 e. The van der Waals surface area contributed by atoms with Crippen molar-refractivity contribution < 1.29 is 4.79 Å². The van der Waals surface area contributed by atoms with Gasteiger partial charge in [-0.2, -0.15) is 0 Å². The molecule has 1 saturated heterocycles. The average molecular weight is 362 g/mol. The van der Waals surface area contributed by atoms with Gasteiger partial charge in [0.05, 0.1) is 17.1 Å². The minimum absolute atomic E-state index is 0.0364. The third kappa shape index (κ3) is 4.42. The molecule has 0 aliphatic carbocycles. The molecule has 1 N–H and O–H groups in total. The number of hydrogen-bond donors (Lipinski definition) is 1. The molecule has 0 radical (unpaired) electrons. The van der Waals surface area contributed by atoms with Crippen LogP contribution in [0.5, 0.6) is 0 Å². The van der Waals surface area contributed by atoms with Crippen LogP contribution in [-0.4, -0.2) is 29.2 Å². The minimum atomic E-state index is -0.204. The van der Waals surface area contributed by atoms with E-state index in [1.165, 1.54) is 24.6 Å².